The van der Waals surface area contributed by atoms with Crippen molar-refractivity contribution in [3.8, 4) is 5.69 Å². The number of anilines is 1. The quantitative estimate of drug-likeness (QED) is 0.464. The van der Waals surface area contributed by atoms with E-state index in [1.165, 1.54) is 24.5 Å². The number of hydrogen-bond donors (Lipinski definition) is 3. The molecule has 9 nitrogen and oxygen atoms in total. The van der Waals surface area contributed by atoms with E-state index in [0.717, 1.165) is 17.8 Å². The number of nitrogens with one attached hydrogen (secondary N) is 2. The number of carbonyl (C=O) groups is 2. The topological polar surface area (TPSA) is 118 Å². The van der Waals surface area contributed by atoms with Crippen LogP contribution in [-0.4, -0.2) is 50.7 Å². The van der Waals surface area contributed by atoms with E-state index in [1.807, 2.05) is 0 Å². The highest BCUT2D eigenvalue weighted by molar-refractivity contribution is 6.03. The van der Waals surface area contributed by atoms with E-state index >= 15 is 0 Å². The molecule has 4 rings (SSSR count). The minimum atomic E-state index is -4.74. The van der Waals surface area contributed by atoms with Crippen LogP contribution in [0, 0.1) is 0 Å². The Labute approximate surface area is 186 Å². The summed E-state index contributed by atoms with van der Waals surface area (Å²) in [6.45, 7) is 1.63. The lowest BCUT2D eigenvalue weighted by Gasteiger charge is -2.13. The molecule has 1 fully saturated rings. The molecule has 0 saturated carbocycles. The number of nitrogens with two attached hydrogens (primary N) is 1. The molecule has 33 heavy (non-hydrogen) atoms. The van der Waals surface area contributed by atoms with E-state index in [9.17, 15) is 22.8 Å². The number of alkyl halides is 3. The second-order valence-corrected chi connectivity index (χ2v) is 7.39. The summed E-state index contributed by atoms with van der Waals surface area (Å²) in [5, 5.41) is 8.82. The van der Waals surface area contributed by atoms with Crippen molar-refractivity contribution in [3.05, 3.63) is 71.8 Å². The van der Waals surface area contributed by atoms with E-state index in [4.69, 9.17) is 5.73 Å². The van der Waals surface area contributed by atoms with Gasteiger partial charge in [0, 0.05) is 31.9 Å². The highest BCUT2D eigenvalue weighted by atomic mass is 19.4. The van der Waals surface area contributed by atoms with Gasteiger partial charge in [-0.15, -0.1) is 0 Å². The Morgan fingerprint density at radius 1 is 1.15 bits per heavy atom. The Kier molecular flexibility index (Phi) is 6.11. The zero-order chi connectivity index (χ0) is 23.6. The lowest BCUT2D eigenvalue weighted by molar-refractivity contribution is -0.141. The molecule has 1 aromatic carbocycles. The predicted octanol–water partition coefficient (Wildman–Crippen LogP) is 1.75. The van der Waals surface area contributed by atoms with Crippen molar-refractivity contribution < 1.29 is 22.8 Å². The maximum Gasteiger partial charge on any atom is 0.435 e. The highest BCUT2D eigenvalue weighted by Gasteiger charge is 2.36. The number of halogens is 3. The summed E-state index contributed by atoms with van der Waals surface area (Å²) in [4.78, 5) is 30.5. The smallest absolute Gasteiger partial charge is 0.349 e. The van der Waals surface area contributed by atoms with Gasteiger partial charge in [0.25, 0.3) is 11.8 Å². The fourth-order valence-electron chi connectivity index (χ4n) is 3.10. The number of amides is 2. The third-order valence-electron chi connectivity index (χ3n) is 4.92. The Morgan fingerprint density at radius 2 is 1.94 bits per heavy atom. The van der Waals surface area contributed by atoms with Gasteiger partial charge in [0.05, 0.1) is 17.6 Å². The molecule has 12 heteroatoms. The second-order valence-electron chi connectivity index (χ2n) is 7.39. The molecule has 0 bridgehead atoms. The summed E-state index contributed by atoms with van der Waals surface area (Å²) in [6.07, 6.45) is -2.61. The lowest BCUT2D eigenvalue weighted by atomic mass is 10.2. The Bertz CT molecular complexity index is 1160. The molecule has 4 N–H and O–H groups in total. The van der Waals surface area contributed by atoms with Gasteiger partial charge < -0.3 is 16.4 Å². The molecule has 3 aromatic rings. The predicted molar refractivity (Wildman–Crippen MR) is 112 cm³/mol. The van der Waals surface area contributed by atoms with Gasteiger partial charge in [-0.3, -0.25) is 19.5 Å². The summed E-state index contributed by atoms with van der Waals surface area (Å²) in [6, 6.07) is 10.2. The summed E-state index contributed by atoms with van der Waals surface area (Å²) >= 11 is 0. The van der Waals surface area contributed by atoms with E-state index in [0.29, 0.717) is 17.3 Å². The second kappa shape index (κ2) is 9.00. The van der Waals surface area contributed by atoms with Crippen LogP contribution in [-0.2, 0) is 17.5 Å². The van der Waals surface area contributed by atoms with Crippen LogP contribution in [0.1, 0.15) is 21.7 Å². The fourth-order valence-corrected chi connectivity index (χ4v) is 3.10. The third kappa shape index (κ3) is 5.35. The number of benzene rings is 1. The molecule has 3 heterocycles. The van der Waals surface area contributed by atoms with Crippen LogP contribution in [0.25, 0.3) is 5.69 Å². The SMILES string of the molecule is N[C@H](C(=O)NCc1cccc(-n2nc(C(F)(F)F)cc2C(=O)Nc2cccnc2)c1)N1CC1. The molecule has 2 amide bonds. The van der Waals surface area contributed by atoms with Crippen LogP contribution in [0.15, 0.2) is 54.9 Å². The number of aromatic nitrogens is 3. The van der Waals surface area contributed by atoms with Gasteiger partial charge >= 0.3 is 6.18 Å². The molecule has 1 atom stereocenters. The Hall–Kier alpha value is -3.77. The van der Waals surface area contributed by atoms with Crippen molar-refractivity contribution in [2.45, 2.75) is 18.9 Å². The van der Waals surface area contributed by atoms with Gasteiger partial charge in [-0.05, 0) is 29.8 Å². The first kappa shape index (κ1) is 22.4. The maximum absolute atomic E-state index is 13.3. The molecule has 1 aliphatic rings. The van der Waals surface area contributed by atoms with Gasteiger partial charge in [0.15, 0.2) is 5.69 Å². The van der Waals surface area contributed by atoms with Gasteiger partial charge in [0.2, 0.25) is 0 Å². The molecule has 0 aliphatic carbocycles. The van der Waals surface area contributed by atoms with Gasteiger partial charge in [0.1, 0.15) is 11.9 Å². The molecule has 1 aliphatic heterocycles. The van der Waals surface area contributed by atoms with Crippen LogP contribution < -0.4 is 16.4 Å². The van der Waals surface area contributed by atoms with E-state index < -0.39 is 23.9 Å². The van der Waals surface area contributed by atoms with Crippen LogP contribution >= 0.6 is 0 Å². The average Bonchev–Trinajstić information content (AvgIpc) is 3.54. The zero-order valence-electron chi connectivity index (χ0n) is 17.2. The van der Waals surface area contributed by atoms with Crippen molar-refractivity contribution in [3.63, 3.8) is 0 Å². The van der Waals surface area contributed by atoms with Crippen molar-refractivity contribution >= 4 is 17.5 Å². The number of nitrogens with zero attached hydrogens (tertiary/aromatic N) is 4. The van der Waals surface area contributed by atoms with Crippen LogP contribution in [0.4, 0.5) is 18.9 Å². The molecule has 172 valence electrons. The van der Waals surface area contributed by atoms with Crippen molar-refractivity contribution in [1.29, 1.82) is 0 Å². The Balaban J connectivity index is 1.59. The molecule has 0 unspecified atom stereocenters. The lowest BCUT2D eigenvalue weighted by Crippen LogP contribution is -2.45. The molecular weight excluding hydrogens is 439 g/mol. The first-order valence-electron chi connectivity index (χ1n) is 9.97. The summed E-state index contributed by atoms with van der Waals surface area (Å²) < 4.78 is 40.9. The number of hydrogen-bond acceptors (Lipinski definition) is 6. The van der Waals surface area contributed by atoms with Crippen molar-refractivity contribution in [2.75, 3.05) is 18.4 Å². The van der Waals surface area contributed by atoms with Crippen LogP contribution in [0.2, 0.25) is 0 Å². The third-order valence-corrected chi connectivity index (χ3v) is 4.92. The van der Waals surface area contributed by atoms with Crippen LogP contribution in [0.3, 0.4) is 0 Å². The van der Waals surface area contributed by atoms with E-state index in [2.05, 4.69) is 20.7 Å². The van der Waals surface area contributed by atoms with Gasteiger partial charge in [-0.1, -0.05) is 12.1 Å². The number of pyridine rings is 1. The maximum atomic E-state index is 13.3. The number of rotatable bonds is 7. The fraction of sp³-hybridized carbons (Fsp3) is 0.238. The Morgan fingerprint density at radius 3 is 2.61 bits per heavy atom. The van der Waals surface area contributed by atoms with Crippen molar-refractivity contribution in [1.82, 2.24) is 25.0 Å². The normalized spacial score (nSPS) is 14.5. The first-order valence-corrected chi connectivity index (χ1v) is 9.97. The monoisotopic (exact) mass is 459 g/mol. The van der Waals surface area contributed by atoms with E-state index in [-0.39, 0.29) is 23.8 Å². The molecular formula is C21H20F3N7O2. The average molecular weight is 459 g/mol. The highest BCUT2D eigenvalue weighted by Crippen LogP contribution is 2.30. The minimum Gasteiger partial charge on any atom is -0.349 e. The zero-order valence-corrected chi connectivity index (χ0v) is 17.2. The largest absolute Gasteiger partial charge is 0.435 e. The summed E-state index contributed by atoms with van der Waals surface area (Å²) in [5.74, 6) is -1.14. The van der Waals surface area contributed by atoms with Gasteiger partial charge in [-0.25, -0.2) is 4.68 Å². The minimum absolute atomic E-state index is 0.110. The van der Waals surface area contributed by atoms with E-state index in [1.54, 1.807) is 29.2 Å². The number of carbonyl (C=O) groups excluding carboxylic acids is 2. The molecule has 2 aromatic heterocycles. The first-order chi connectivity index (χ1) is 15.7. The molecule has 1 saturated heterocycles. The standard InChI is InChI=1S/C21H20F3N7O2/c22-21(23,24)17-10-16(19(32)28-14-4-2-6-26-12-14)31(29-17)15-5-1-3-13(9-15)11-27-20(33)18(25)30-7-8-30/h1-6,9-10,12,18H,7-8,11,25H2,(H,27,33)(H,28,32)/t18-/m0/s1. The summed E-state index contributed by atoms with van der Waals surface area (Å²) in [5.41, 5.74) is 5.44. The van der Waals surface area contributed by atoms with Crippen LogP contribution in [0.5, 0.6) is 0 Å². The summed E-state index contributed by atoms with van der Waals surface area (Å²) in [7, 11) is 0. The van der Waals surface area contributed by atoms with Gasteiger partial charge in [-0.2, -0.15) is 18.3 Å². The molecule has 0 radical (unpaired) electrons. The van der Waals surface area contributed by atoms with Crippen molar-refractivity contribution in [2.24, 2.45) is 5.73 Å². The molecule has 0 spiro atoms.